The lowest BCUT2D eigenvalue weighted by atomic mass is 9.99. The van der Waals surface area contributed by atoms with Crippen LogP contribution in [0, 0.1) is 0 Å². The van der Waals surface area contributed by atoms with Gasteiger partial charge in [0.25, 0.3) is 0 Å². The van der Waals surface area contributed by atoms with Crippen LogP contribution >= 0.6 is 0 Å². The van der Waals surface area contributed by atoms with Crippen LogP contribution < -0.4 is 14.2 Å². The summed E-state index contributed by atoms with van der Waals surface area (Å²) in [5.41, 5.74) is 0.675. The van der Waals surface area contributed by atoms with Gasteiger partial charge in [0.05, 0.1) is 27.4 Å². The van der Waals surface area contributed by atoms with Crippen LogP contribution in [0.3, 0.4) is 0 Å². The Labute approximate surface area is 150 Å². The van der Waals surface area contributed by atoms with Gasteiger partial charge in [0.2, 0.25) is 12.0 Å². The highest BCUT2D eigenvalue weighted by molar-refractivity contribution is 5.62. The Kier molecular flexibility index (Phi) is 7.21. The van der Waals surface area contributed by atoms with Gasteiger partial charge in [-0.3, -0.25) is 0 Å². The molecule has 0 spiro atoms. The number of methoxy groups -OCH3 is 2. The maximum Gasteiger partial charge on any atom is 0.229 e. The molecule has 0 unspecified atom stereocenters. The van der Waals surface area contributed by atoms with Crippen molar-refractivity contribution in [2.45, 2.75) is 30.7 Å². The molecule has 26 heavy (non-hydrogen) atoms. The molecule has 1 saturated heterocycles. The lowest BCUT2D eigenvalue weighted by molar-refractivity contribution is -0.277. The maximum atomic E-state index is 10.1. The second kappa shape index (κ2) is 9.17. The van der Waals surface area contributed by atoms with Crippen LogP contribution in [0.25, 0.3) is 6.08 Å². The van der Waals surface area contributed by atoms with Gasteiger partial charge < -0.3 is 44.5 Å². The third kappa shape index (κ3) is 4.26. The summed E-state index contributed by atoms with van der Waals surface area (Å²) in [7, 11) is 2.82. The molecule has 0 amide bonds. The molecule has 0 radical (unpaired) electrons. The first kappa shape index (κ1) is 20.4. The van der Waals surface area contributed by atoms with E-state index in [2.05, 4.69) is 0 Å². The fourth-order valence-corrected chi connectivity index (χ4v) is 2.58. The van der Waals surface area contributed by atoms with E-state index in [-0.39, 0.29) is 23.9 Å². The van der Waals surface area contributed by atoms with E-state index in [0.717, 1.165) is 0 Å². The first-order valence-corrected chi connectivity index (χ1v) is 7.97. The molecule has 1 heterocycles. The number of rotatable bonds is 7. The summed E-state index contributed by atoms with van der Waals surface area (Å²) in [6.07, 6.45) is -3.88. The molecule has 1 aromatic carbocycles. The van der Waals surface area contributed by atoms with Crippen molar-refractivity contribution < 1.29 is 44.5 Å². The van der Waals surface area contributed by atoms with Crippen molar-refractivity contribution in [1.29, 1.82) is 0 Å². The van der Waals surface area contributed by atoms with Gasteiger partial charge in [-0.15, -0.1) is 0 Å². The van der Waals surface area contributed by atoms with Gasteiger partial charge in [0.1, 0.15) is 24.4 Å². The fraction of sp³-hybridized carbons (Fsp3) is 0.529. The highest BCUT2D eigenvalue weighted by Crippen LogP contribution is 2.40. The number of hydrogen-bond donors (Lipinski definition) is 5. The van der Waals surface area contributed by atoms with Crippen LogP contribution in [-0.2, 0) is 4.74 Å². The molecule has 146 valence electrons. The molecular weight excluding hydrogens is 348 g/mol. The van der Waals surface area contributed by atoms with E-state index in [9.17, 15) is 20.4 Å². The van der Waals surface area contributed by atoms with Crippen molar-refractivity contribution in [3.8, 4) is 17.2 Å². The summed E-state index contributed by atoms with van der Waals surface area (Å²) >= 11 is 0. The molecule has 1 aliphatic heterocycles. The third-order valence-electron chi connectivity index (χ3n) is 3.98. The van der Waals surface area contributed by atoms with Crippen molar-refractivity contribution in [1.82, 2.24) is 0 Å². The van der Waals surface area contributed by atoms with E-state index in [4.69, 9.17) is 24.1 Å². The van der Waals surface area contributed by atoms with Gasteiger partial charge in [-0.25, -0.2) is 0 Å². The molecule has 5 N–H and O–H groups in total. The van der Waals surface area contributed by atoms with Crippen molar-refractivity contribution in [2.75, 3.05) is 27.4 Å². The van der Waals surface area contributed by atoms with Crippen LogP contribution in [0.5, 0.6) is 17.2 Å². The SMILES string of the molecule is COc1cc(/C=C\CO)cc(OC)c1O[C@H]1O[C@@H](CO)[C@H](O)[C@@H](O)[C@@H]1O. The second-order valence-electron chi connectivity index (χ2n) is 5.65. The number of ether oxygens (including phenoxy) is 4. The molecule has 2 rings (SSSR count). The minimum atomic E-state index is -1.56. The Hall–Kier alpha value is -1.88. The van der Waals surface area contributed by atoms with Crippen LogP contribution in [0.1, 0.15) is 5.56 Å². The van der Waals surface area contributed by atoms with Crippen LogP contribution in [-0.4, -0.2) is 83.7 Å². The monoisotopic (exact) mass is 372 g/mol. The molecule has 1 fully saturated rings. The van der Waals surface area contributed by atoms with Gasteiger partial charge in [0, 0.05) is 0 Å². The molecule has 5 atom stereocenters. The van der Waals surface area contributed by atoms with Crippen molar-refractivity contribution in [3.05, 3.63) is 23.8 Å². The van der Waals surface area contributed by atoms with E-state index in [0.29, 0.717) is 5.56 Å². The van der Waals surface area contributed by atoms with Crippen LogP contribution in [0.2, 0.25) is 0 Å². The predicted octanol–water partition coefficient (Wildman–Crippen LogP) is -1.11. The van der Waals surface area contributed by atoms with Crippen molar-refractivity contribution >= 4 is 6.08 Å². The topological polar surface area (TPSA) is 138 Å². The number of benzene rings is 1. The predicted molar refractivity (Wildman–Crippen MR) is 90.1 cm³/mol. The van der Waals surface area contributed by atoms with Crippen molar-refractivity contribution in [3.63, 3.8) is 0 Å². The maximum absolute atomic E-state index is 10.1. The summed E-state index contributed by atoms with van der Waals surface area (Å²) in [6, 6.07) is 3.24. The molecule has 0 bridgehead atoms. The number of aliphatic hydroxyl groups excluding tert-OH is 5. The summed E-state index contributed by atoms with van der Waals surface area (Å²) in [4.78, 5) is 0. The molecular formula is C17H24O9. The zero-order valence-electron chi connectivity index (χ0n) is 14.5. The zero-order valence-corrected chi connectivity index (χ0v) is 14.5. The van der Waals surface area contributed by atoms with Gasteiger partial charge in [-0.05, 0) is 17.7 Å². The second-order valence-corrected chi connectivity index (χ2v) is 5.65. The Morgan fingerprint density at radius 3 is 2.12 bits per heavy atom. The normalized spacial score (nSPS) is 29.0. The Bertz CT molecular complexity index is 591. The Morgan fingerprint density at radius 1 is 1.00 bits per heavy atom. The van der Waals surface area contributed by atoms with Gasteiger partial charge in [0.15, 0.2) is 11.5 Å². The van der Waals surface area contributed by atoms with Crippen LogP contribution in [0.15, 0.2) is 18.2 Å². The zero-order chi connectivity index (χ0) is 19.3. The molecule has 9 nitrogen and oxygen atoms in total. The summed E-state index contributed by atoms with van der Waals surface area (Å²) in [5, 5.41) is 48.0. The first-order chi connectivity index (χ1) is 12.5. The van der Waals surface area contributed by atoms with Gasteiger partial charge in [-0.1, -0.05) is 12.2 Å². The summed E-state index contributed by atoms with van der Waals surface area (Å²) in [6.45, 7) is -0.697. The average molecular weight is 372 g/mol. The summed E-state index contributed by atoms with van der Waals surface area (Å²) in [5.74, 6) is 0.637. The lowest BCUT2D eigenvalue weighted by Crippen LogP contribution is -2.60. The first-order valence-electron chi connectivity index (χ1n) is 7.97. The molecule has 0 aromatic heterocycles. The average Bonchev–Trinajstić information content (AvgIpc) is 2.66. The molecule has 0 aliphatic carbocycles. The van der Waals surface area contributed by atoms with E-state index in [1.165, 1.54) is 20.3 Å². The minimum absolute atomic E-state index is 0.112. The van der Waals surface area contributed by atoms with Gasteiger partial charge >= 0.3 is 0 Å². The number of hydrogen-bond acceptors (Lipinski definition) is 9. The minimum Gasteiger partial charge on any atom is -0.493 e. The number of aliphatic hydroxyl groups is 5. The summed E-state index contributed by atoms with van der Waals surface area (Å²) < 4.78 is 21.6. The highest BCUT2D eigenvalue weighted by Gasteiger charge is 2.45. The third-order valence-corrected chi connectivity index (χ3v) is 3.98. The smallest absolute Gasteiger partial charge is 0.229 e. The highest BCUT2D eigenvalue weighted by atomic mass is 16.7. The fourth-order valence-electron chi connectivity index (χ4n) is 2.58. The van der Waals surface area contributed by atoms with Crippen LogP contribution in [0.4, 0.5) is 0 Å². The van der Waals surface area contributed by atoms with E-state index >= 15 is 0 Å². The molecule has 9 heteroatoms. The van der Waals surface area contributed by atoms with E-state index in [1.54, 1.807) is 18.2 Å². The largest absolute Gasteiger partial charge is 0.493 e. The van der Waals surface area contributed by atoms with Gasteiger partial charge in [-0.2, -0.15) is 0 Å². The van der Waals surface area contributed by atoms with E-state index in [1.807, 2.05) is 0 Å². The Morgan fingerprint density at radius 2 is 1.62 bits per heavy atom. The quantitative estimate of drug-likeness (QED) is 0.403. The lowest BCUT2D eigenvalue weighted by Gasteiger charge is -2.39. The standard InChI is InChI=1S/C17H24O9/c1-23-10-6-9(4-3-5-18)7-11(24-2)16(10)26-17-15(22)14(21)13(20)12(8-19)25-17/h3-4,6-7,12-15,17-22H,5,8H2,1-2H3/b4-3-/t12-,13-,14+,15-,17+/m0/s1. The molecule has 1 aliphatic rings. The molecule has 0 saturated carbocycles. The van der Waals surface area contributed by atoms with E-state index < -0.39 is 37.3 Å². The molecule has 1 aromatic rings. The Balaban J connectivity index is 2.33. The van der Waals surface area contributed by atoms with Crippen molar-refractivity contribution in [2.24, 2.45) is 0 Å².